The number of hydrogen-bond acceptors (Lipinski definition) is 4. The van der Waals surface area contributed by atoms with Crippen molar-refractivity contribution in [2.45, 2.75) is 6.92 Å². The molecule has 2 rings (SSSR count). The van der Waals surface area contributed by atoms with E-state index in [0.717, 1.165) is 10.9 Å². The van der Waals surface area contributed by atoms with Crippen molar-refractivity contribution in [2.24, 2.45) is 0 Å². The summed E-state index contributed by atoms with van der Waals surface area (Å²) >= 11 is 0. The minimum Gasteiger partial charge on any atom is -0.382 e. The highest BCUT2D eigenvalue weighted by Crippen LogP contribution is 2.16. The molecule has 2 aromatic rings. The van der Waals surface area contributed by atoms with Crippen molar-refractivity contribution in [3.63, 3.8) is 0 Å². The summed E-state index contributed by atoms with van der Waals surface area (Å²) in [6.45, 7) is 1.47. The third-order valence-electron chi connectivity index (χ3n) is 1.84. The quantitative estimate of drug-likeness (QED) is 0.627. The molecule has 2 aromatic heterocycles. The van der Waals surface area contributed by atoms with Gasteiger partial charge in [0.15, 0.2) is 11.6 Å². The molecule has 5 heteroatoms. The molecule has 0 aliphatic rings. The number of nitrogen functional groups attached to an aromatic ring is 1. The van der Waals surface area contributed by atoms with E-state index in [1.54, 1.807) is 12.3 Å². The predicted octanol–water partition coefficient (Wildman–Crippen LogP) is 0.743. The van der Waals surface area contributed by atoms with E-state index in [4.69, 9.17) is 5.73 Å². The van der Waals surface area contributed by atoms with Crippen molar-refractivity contribution in [1.82, 2.24) is 15.2 Å². The molecule has 0 fully saturated rings. The lowest BCUT2D eigenvalue weighted by atomic mass is 10.2. The standard InChI is InChI=1S/C8H8N4O/c1-4(13)6-2-7-5(3-10-6)8(9)12-11-7/h2-3H,1H3,(H3,9,11,12). The first-order chi connectivity index (χ1) is 6.18. The maximum absolute atomic E-state index is 11.0. The molecule has 0 atom stereocenters. The molecule has 5 nitrogen and oxygen atoms in total. The largest absolute Gasteiger partial charge is 0.382 e. The average molecular weight is 176 g/mol. The summed E-state index contributed by atoms with van der Waals surface area (Å²) in [7, 11) is 0. The highest BCUT2D eigenvalue weighted by Gasteiger charge is 2.06. The van der Waals surface area contributed by atoms with Gasteiger partial charge in [-0.1, -0.05) is 0 Å². The van der Waals surface area contributed by atoms with Gasteiger partial charge in [0.25, 0.3) is 0 Å². The first-order valence-electron chi connectivity index (χ1n) is 3.79. The predicted molar refractivity (Wildman–Crippen MR) is 48.3 cm³/mol. The molecule has 3 N–H and O–H groups in total. The van der Waals surface area contributed by atoms with Gasteiger partial charge in [0.2, 0.25) is 0 Å². The van der Waals surface area contributed by atoms with E-state index in [2.05, 4.69) is 15.2 Å². The maximum atomic E-state index is 11.0. The Labute approximate surface area is 74.0 Å². The van der Waals surface area contributed by atoms with E-state index >= 15 is 0 Å². The van der Waals surface area contributed by atoms with Crippen LogP contribution in [0.3, 0.4) is 0 Å². The first-order valence-corrected chi connectivity index (χ1v) is 3.79. The monoisotopic (exact) mass is 176 g/mol. The fraction of sp³-hybridized carbons (Fsp3) is 0.125. The summed E-state index contributed by atoms with van der Waals surface area (Å²) in [5.41, 5.74) is 6.68. The number of aromatic nitrogens is 3. The van der Waals surface area contributed by atoms with Gasteiger partial charge < -0.3 is 5.73 Å². The SMILES string of the molecule is CC(=O)c1cc2[nH]nc(N)c2cn1. The number of pyridine rings is 1. The molecule has 0 radical (unpaired) electrons. The molecule has 2 heterocycles. The number of hydrogen-bond donors (Lipinski definition) is 2. The molecule has 0 bridgehead atoms. The van der Waals surface area contributed by atoms with Crippen molar-refractivity contribution in [2.75, 3.05) is 5.73 Å². The molecule has 0 saturated heterocycles. The fourth-order valence-corrected chi connectivity index (χ4v) is 1.13. The third kappa shape index (κ3) is 1.14. The summed E-state index contributed by atoms with van der Waals surface area (Å²) in [6, 6.07) is 1.64. The van der Waals surface area contributed by atoms with E-state index in [1.165, 1.54) is 6.92 Å². The van der Waals surface area contributed by atoms with Gasteiger partial charge in [-0.25, -0.2) is 0 Å². The van der Waals surface area contributed by atoms with Crippen LogP contribution in [0.15, 0.2) is 12.3 Å². The van der Waals surface area contributed by atoms with Crippen molar-refractivity contribution in [3.8, 4) is 0 Å². The summed E-state index contributed by atoms with van der Waals surface area (Å²) < 4.78 is 0. The zero-order chi connectivity index (χ0) is 9.42. The van der Waals surface area contributed by atoms with E-state index in [-0.39, 0.29) is 5.78 Å². The van der Waals surface area contributed by atoms with Crippen LogP contribution < -0.4 is 5.73 Å². The Kier molecular flexibility index (Phi) is 1.51. The van der Waals surface area contributed by atoms with Gasteiger partial charge in [-0.3, -0.25) is 14.9 Å². The Bertz CT molecular complexity index is 474. The Hall–Kier alpha value is -1.91. The summed E-state index contributed by atoms with van der Waals surface area (Å²) in [5, 5.41) is 7.25. The Balaban J connectivity index is 2.70. The number of aromatic amines is 1. The number of anilines is 1. The number of fused-ring (bicyclic) bond motifs is 1. The van der Waals surface area contributed by atoms with Crippen LogP contribution in [0.1, 0.15) is 17.4 Å². The highest BCUT2D eigenvalue weighted by atomic mass is 16.1. The molecule has 0 spiro atoms. The number of nitrogens with two attached hydrogens (primary N) is 1. The summed E-state index contributed by atoms with van der Waals surface area (Å²) in [5.74, 6) is 0.327. The van der Waals surface area contributed by atoms with Crippen LogP contribution in [0.2, 0.25) is 0 Å². The molecule has 0 aliphatic heterocycles. The van der Waals surface area contributed by atoms with Crippen molar-refractivity contribution >= 4 is 22.5 Å². The van der Waals surface area contributed by atoms with Crippen LogP contribution in [-0.4, -0.2) is 21.0 Å². The second kappa shape index (κ2) is 2.55. The number of nitrogens with zero attached hydrogens (tertiary/aromatic N) is 2. The third-order valence-corrected chi connectivity index (χ3v) is 1.84. The lowest BCUT2D eigenvalue weighted by molar-refractivity contribution is 0.101. The number of nitrogens with one attached hydrogen (secondary N) is 1. The second-order valence-electron chi connectivity index (χ2n) is 2.78. The Morgan fingerprint density at radius 2 is 2.38 bits per heavy atom. The van der Waals surface area contributed by atoms with Gasteiger partial charge >= 0.3 is 0 Å². The molecule has 13 heavy (non-hydrogen) atoms. The number of carbonyl (C=O) groups is 1. The van der Waals surface area contributed by atoms with E-state index < -0.39 is 0 Å². The number of rotatable bonds is 1. The van der Waals surface area contributed by atoms with Gasteiger partial charge in [0.05, 0.1) is 10.9 Å². The van der Waals surface area contributed by atoms with Gasteiger partial charge in [0, 0.05) is 13.1 Å². The zero-order valence-electron chi connectivity index (χ0n) is 7.03. The average Bonchev–Trinajstić information content (AvgIpc) is 2.47. The van der Waals surface area contributed by atoms with Crippen molar-refractivity contribution < 1.29 is 4.79 Å². The van der Waals surface area contributed by atoms with Gasteiger partial charge in [-0.15, -0.1) is 0 Å². The molecular weight excluding hydrogens is 168 g/mol. The number of ketones is 1. The van der Waals surface area contributed by atoms with Crippen molar-refractivity contribution in [3.05, 3.63) is 18.0 Å². The van der Waals surface area contributed by atoms with Crippen LogP contribution in [0.4, 0.5) is 5.82 Å². The molecule has 66 valence electrons. The molecule has 0 unspecified atom stereocenters. The molecule has 0 saturated carbocycles. The van der Waals surface area contributed by atoms with Crippen LogP contribution in [-0.2, 0) is 0 Å². The maximum Gasteiger partial charge on any atom is 0.178 e. The first kappa shape index (κ1) is 7.72. The summed E-state index contributed by atoms with van der Waals surface area (Å²) in [4.78, 5) is 14.9. The Morgan fingerprint density at radius 1 is 1.62 bits per heavy atom. The van der Waals surface area contributed by atoms with Crippen LogP contribution >= 0.6 is 0 Å². The number of carbonyl (C=O) groups excluding carboxylic acids is 1. The van der Waals surface area contributed by atoms with Crippen LogP contribution in [0, 0.1) is 0 Å². The molecular formula is C8H8N4O. The minimum absolute atomic E-state index is 0.0740. The van der Waals surface area contributed by atoms with Crippen molar-refractivity contribution in [1.29, 1.82) is 0 Å². The highest BCUT2D eigenvalue weighted by molar-refractivity contribution is 5.97. The lowest BCUT2D eigenvalue weighted by Crippen LogP contribution is -1.95. The number of H-pyrrole nitrogens is 1. The minimum atomic E-state index is -0.0740. The second-order valence-corrected chi connectivity index (χ2v) is 2.78. The van der Waals surface area contributed by atoms with Gasteiger partial charge in [-0.05, 0) is 6.07 Å². The Morgan fingerprint density at radius 3 is 3.08 bits per heavy atom. The molecule has 0 amide bonds. The summed E-state index contributed by atoms with van der Waals surface area (Å²) in [6.07, 6.45) is 1.55. The van der Waals surface area contributed by atoms with Gasteiger partial charge in [-0.2, -0.15) is 5.10 Å². The lowest BCUT2D eigenvalue weighted by Gasteiger charge is -1.93. The zero-order valence-corrected chi connectivity index (χ0v) is 7.03. The van der Waals surface area contributed by atoms with E-state index in [1.807, 2.05) is 0 Å². The number of Topliss-reactive ketones (excluding diaryl/α,β-unsaturated/α-hetero) is 1. The normalized spacial score (nSPS) is 10.5. The molecule has 0 aromatic carbocycles. The van der Waals surface area contributed by atoms with Gasteiger partial charge in [0.1, 0.15) is 5.69 Å². The van der Waals surface area contributed by atoms with E-state index in [9.17, 15) is 4.79 Å². The smallest absolute Gasteiger partial charge is 0.178 e. The fourth-order valence-electron chi connectivity index (χ4n) is 1.13. The topological polar surface area (TPSA) is 84.7 Å². The molecule has 0 aliphatic carbocycles. The van der Waals surface area contributed by atoms with Crippen LogP contribution in [0.5, 0.6) is 0 Å². The van der Waals surface area contributed by atoms with E-state index in [0.29, 0.717) is 11.5 Å². The van der Waals surface area contributed by atoms with Crippen LogP contribution in [0.25, 0.3) is 10.9 Å².